The normalized spacial score (nSPS) is 21.2. The summed E-state index contributed by atoms with van der Waals surface area (Å²) in [5.41, 5.74) is 1.53. The second kappa shape index (κ2) is 9.02. The molecule has 0 spiro atoms. The average molecular weight is 471 g/mol. The van der Waals surface area contributed by atoms with Crippen LogP contribution in [-0.4, -0.2) is 54.1 Å². The lowest BCUT2D eigenvalue weighted by molar-refractivity contribution is -0.125. The highest BCUT2D eigenvalue weighted by molar-refractivity contribution is 5.89. The molecule has 0 unspecified atom stereocenters. The van der Waals surface area contributed by atoms with E-state index in [4.69, 9.17) is 0 Å². The van der Waals surface area contributed by atoms with Crippen LogP contribution in [0.25, 0.3) is 5.52 Å². The maximum atomic E-state index is 15.4. The molecule has 3 fully saturated rings. The number of aromatic nitrogens is 1. The van der Waals surface area contributed by atoms with Gasteiger partial charge in [0.05, 0.1) is 17.4 Å². The summed E-state index contributed by atoms with van der Waals surface area (Å²) in [5.74, 6) is -1.24. The smallest absolute Gasteiger partial charge is 0.341 e. The van der Waals surface area contributed by atoms with E-state index in [1.54, 1.807) is 0 Å². The highest BCUT2D eigenvalue weighted by atomic mass is 19.1. The fraction of sp³-hybridized carbons (Fsp3) is 0.560. The zero-order valence-electron chi connectivity index (χ0n) is 19.4. The van der Waals surface area contributed by atoms with Crippen molar-refractivity contribution in [3.63, 3.8) is 0 Å². The number of aromatic carboxylic acids is 1. The van der Waals surface area contributed by atoms with Crippen molar-refractivity contribution < 1.29 is 19.1 Å². The summed E-state index contributed by atoms with van der Waals surface area (Å²) in [5, 5.41) is 15.8. The molecule has 34 heavy (non-hydrogen) atoms. The Morgan fingerprint density at radius 3 is 2.62 bits per heavy atom. The van der Waals surface area contributed by atoms with Crippen LogP contribution in [-0.2, 0) is 4.79 Å². The summed E-state index contributed by atoms with van der Waals surface area (Å²) in [6.07, 6.45) is 5.57. The zero-order valence-corrected chi connectivity index (χ0v) is 19.4. The Labute approximate surface area is 197 Å². The molecule has 9 heteroatoms. The van der Waals surface area contributed by atoms with Gasteiger partial charge in [0.2, 0.25) is 5.91 Å². The summed E-state index contributed by atoms with van der Waals surface area (Å²) in [6.45, 7) is 5.41. The van der Waals surface area contributed by atoms with Crippen LogP contribution in [0.5, 0.6) is 0 Å². The average Bonchev–Trinajstić information content (AvgIpc) is 3.57. The van der Waals surface area contributed by atoms with Crippen molar-refractivity contribution in [2.45, 2.75) is 44.9 Å². The number of anilines is 1. The van der Waals surface area contributed by atoms with E-state index in [2.05, 4.69) is 10.6 Å². The number of aryl methyl sites for hydroxylation is 1. The fourth-order valence-corrected chi connectivity index (χ4v) is 5.56. The van der Waals surface area contributed by atoms with Gasteiger partial charge in [-0.05, 0) is 81.1 Å². The van der Waals surface area contributed by atoms with E-state index in [0.717, 1.165) is 57.0 Å². The maximum absolute atomic E-state index is 15.4. The van der Waals surface area contributed by atoms with Gasteiger partial charge in [0, 0.05) is 25.6 Å². The van der Waals surface area contributed by atoms with Gasteiger partial charge in [-0.25, -0.2) is 9.18 Å². The van der Waals surface area contributed by atoms with Crippen molar-refractivity contribution in [3.8, 4) is 0 Å². The van der Waals surface area contributed by atoms with Crippen LogP contribution in [0.1, 0.15) is 59.5 Å². The van der Waals surface area contributed by atoms with E-state index in [9.17, 15) is 19.5 Å². The number of amides is 1. The van der Waals surface area contributed by atoms with E-state index in [-0.39, 0.29) is 29.2 Å². The van der Waals surface area contributed by atoms with Gasteiger partial charge in [-0.15, -0.1) is 0 Å². The van der Waals surface area contributed by atoms with Crippen LogP contribution < -0.4 is 21.1 Å². The number of nitrogens with zero attached hydrogens (tertiary/aromatic N) is 2. The summed E-state index contributed by atoms with van der Waals surface area (Å²) in [6, 6.07) is 1.48. The summed E-state index contributed by atoms with van der Waals surface area (Å²) in [7, 11) is 0. The predicted molar refractivity (Wildman–Crippen MR) is 126 cm³/mol. The third-order valence-corrected chi connectivity index (χ3v) is 7.57. The highest BCUT2D eigenvalue weighted by Crippen LogP contribution is 2.44. The molecule has 2 aromatic heterocycles. The van der Waals surface area contributed by atoms with Crippen molar-refractivity contribution in [2.24, 2.45) is 11.8 Å². The number of fused-ring (bicyclic) bond motifs is 1. The standard InChI is InChI=1S/C25H31FN4O4/c1-14-21-18(16-2-3-16)10-19(25(33)34)24(32)30(21)13-20(26)22(14)29-9-6-15(12-29)11-28-23(31)17-4-7-27-8-5-17/h10,13,15-17,27H,2-9,11-12H2,1H3,(H,28,31)(H,33,34)/t15-/m1/s1. The molecular weight excluding hydrogens is 439 g/mol. The molecule has 5 rings (SSSR count). The maximum Gasteiger partial charge on any atom is 0.341 e. The Hall–Kier alpha value is -2.94. The Balaban J connectivity index is 1.39. The SMILES string of the molecule is Cc1c(N2CC[C@H](CNC(=O)C3CCNCC3)C2)c(F)cn2c(=O)c(C(=O)O)cc(C3CC3)c12. The number of carboxylic acid groups (broad SMARTS) is 1. The van der Waals surface area contributed by atoms with Crippen molar-refractivity contribution in [2.75, 3.05) is 37.6 Å². The Morgan fingerprint density at radius 2 is 1.94 bits per heavy atom. The van der Waals surface area contributed by atoms with Crippen LogP contribution in [0.4, 0.5) is 10.1 Å². The molecule has 2 saturated heterocycles. The van der Waals surface area contributed by atoms with Gasteiger partial charge in [-0.3, -0.25) is 14.0 Å². The monoisotopic (exact) mass is 470 g/mol. The fourth-order valence-electron chi connectivity index (χ4n) is 5.56. The van der Waals surface area contributed by atoms with Crippen molar-refractivity contribution in [1.82, 2.24) is 15.0 Å². The number of rotatable bonds is 6. The number of piperidine rings is 1. The molecule has 1 aliphatic carbocycles. The highest BCUT2D eigenvalue weighted by Gasteiger charge is 2.32. The minimum Gasteiger partial charge on any atom is -0.477 e. The summed E-state index contributed by atoms with van der Waals surface area (Å²) < 4.78 is 16.5. The van der Waals surface area contributed by atoms with Gasteiger partial charge < -0.3 is 20.6 Å². The minimum absolute atomic E-state index is 0.0637. The van der Waals surface area contributed by atoms with Crippen LogP contribution >= 0.6 is 0 Å². The molecule has 0 aromatic carbocycles. The number of carbonyl (C=O) groups is 2. The lowest BCUT2D eigenvalue weighted by Crippen LogP contribution is -2.40. The summed E-state index contributed by atoms with van der Waals surface area (Å²) in [4.78, 5) is 38.9. The van der Waals surface area contributed by atoms with Gasteiger partial charge in [0.1, 0.15) is 5.56 Å². The van der Waals surface area contributed by atoms with Crippen molar-refractivity contribution >= 4 is 23.1 Å². The first-order valence-electron chi connectivity index (χ1n) is 12.2. The third-order valence-electron chi connectivity index (χ3n) is 7.57. The number of nitrogens with one attached hydrogen (secondary N) is 2. The van der Waals surface area contributed by atoms with E-state index in [1.807, 2.05) is 11.8 Å². The molecule has 3 N–H and O–H groups in total. The molecule has 3 aliphatic rings. The number of hydrogen-bond donors (Lipinski definition) is 3. The zero-order chi connectivity index (χ0) is 24.0. The van der Waals surface area contributed by atoms with E-state index < -0.39 is 17.3 Å². The number of hydrogen-bond acceptors (Lipinski definition) is 5. The number of carbonyl (C=O) groups excluding carboxylic acids is 1. The van der Waals surface area contributed by atoms with Crippen LogP contribution in [0.15, 0.2) is 17.1 Å². The molecule has 4 heterocycles. The van der Waals surface area contributed by atoms with E-state index in [1.165, 1.54) is 10.5 Å². The van der Waals surface area contributed by atoms with E-state index >= 15 is 4.39 Å². The lowest BCUT2D eigenvalue weighted by Gasteiger charge is -2.25. The van der Waals surface area contributed by atoms with Crippen LogP contribution in [0.2, 0.25) is 0 Å². The number of carboxylic acids is 1. The molecule has 1 amide bonds. The van der Waals surface area contributed by atoms with Gasteiger partial charge in [-0.1, -0.05) is 0 Å². The first-order chi connectivity index (χ1) is 16.3. The second-order valence-corrected chi connectivity index (χ2v) is 9.94. The molecule has 1 saturated carbocycles. The van der Waals surface area contributed by atoms with Crippen LogP contribution in [0, 0.1) is 24.6 Å². The van der Waals surface area contributed by atoms with Gasteiger partial charge in [0.25, 0.3) is 5.56 Å². The quantitative estimate of drug-likeness (QED) is 0.599. The molecule has 0 bridgehead atoms. The molecule has 182 valence electrons. The van der Waals surface area contributed by atoms with Gasteiger partial charge in [-0.2, -0.15) is 0 Å². The molecular formula is C25H31FN4O4. The minimum atomic E-state index is -1.29. The molecule has 2 aromatic rings. The third kappa shape index (κ3) is 4.17. The predicted octanol–water partition coefficient (Wildman–Crippen LogP) is 2.26. The summed E-state index contributed by atoms with van der Waals surface area (Å²) >= 11 is 0. The Bertz CT molecular complexity index is 1200. The van der Waals surface area contributed by atoms with Crippen LogP contribution in [0.3, 0.4) is 0 Å². The molecule has 1 atom stereocenters. The van der Waals surface area contributed by atoms with E-state index in [0.29, 0.717) is 36.4 Å². The molecule has 8 nitrogen and oxygen atoms in total. The largest absolute Gasteiger partial charge is 0.477 e. The van der Waals surface area contributed by atoms with Gasteiger partial charge in [0.15, 0.2) is 5.82 Å². The molecule has 0 radical (unpaired) electrons. The van der Waals surface area contributed by atoms with Crippen molar-refractivity contribution in [1.29, 1.82) is 0 Å². The molecule has 2 aliphatic heterocycles. The Kier molecular flexibility index (Phi) is 6.06. The topological polar surface area (TPSA) is 103 Å². The Morgan fingerprint density at radius 1 is 1.21 bits per heavy atom. The first-order valence-corrected chi connectivity index (χ1v) is 12.2. The van der Waals surface area contributed by atoms with Crippen molar-refractivity contribution in [3.05, 3.63) is 45.1 Å². The number of pyridine rings is 2. The number of halogens is 1. The van der Waals surface area contributed by atoms with Gasteiger partial charge >= 0.3 is 5.97 Å². The second-order valence-electron chi connectivity index (χ2n) is 9.94. The first kappa shape index (κ1) is 22.8. The lowest BCUT2D eigenvalue weighted by atomic mass is 9.97.